The Bertz CT molecular complexity index is 810. The molecule has 1 aliphatic rings. The van der Waals surface area contributed by atoms with Crippen molar-refractivity contribution in [1.82, 2.24) is 0 Å². The third-order valence-corrected chi connectivity index (χ3v) is 4.48. The summed E-state index contributed by atoms with van der Waals surface area (Å²) in [6.45, 7) is 0. The number of anilines is 2. The van der Waals surface area contributed by atoms with Gasteiger partial charge in [-0.2, -0.15) is 0 Å². The van der Waals surface area contributed by atoms with Crippen LogP contribution in [0.5, 0.6) is 5.75 Å². The van der Waals surface area contributed by atoms with Crippen molar-refractivity contribution in [2.45, 2.75) is 12.5 Å². The standard InChI is InChI=1S/C17H14Cl2N2O3/c1-24-15-5-3-2-4-13(15)20-14-9-16(22)21(17(14)23)10-6-7-11(18)12(19)8-10/h2-8,14,20H,9H2,1H3/t14-/m1/s1. The lowest BCUT2D eigenvalue weighted by Gasteiger charge is -2.17. The summed E-state index contributed by atoms with van der Waals surface area (Å²) in [5.41, 5.74) is 1.06. The summed E-state index contributed by atoms with van der Waals surface area (Å²) < 4.78 is 5.25. The smallest absolute Gasteiger partial charge is 0.256 e. The highest BCUT2D eigenvalue weighted by atomic mass is 35.5. The molecule has 1 heterocycles. The van der Waals surface area contributed by atoms with Crippen LogP contribution in [0.3, 0.4) is 0 Å². The molecule has 2 amide bonds. The Kier molecular flexibility index (Phi) is 4.64. The highest BCUT2D eigenvalue weighted by molar-refractivity contribution is 6.42. The average molecular weight is 365 g/mol. The molecule has 1 atom stereocenters. The van der Waals surface area contributed by atoms with Gasteiger partial charge in [-0.1, -0.05) is 35.3 Å². The zero-order valence-electron chi connectivity index (χ0n) is 12.8. The number of nitrogens with one attached hydrogen (secondary N) is 1. The summed E-state index contributed by atoms with van der Waals surface area (Å²) in [6, 6.07) is 11.2. The molecule has 1 fully saturated rings. The van der Waals surface area contributed by atoms with E-state index < -0.39 is 6.04 Å². The van der Waals surface area contributed by atoms with Crippen molar-refractivity contribution < 1.29 is 14.3 Å². The van der Waals surface area contributed by atoms with E-state index in [1.807, 2.05) is 12.1 Å². The van der Waals surface area contributed by atoms with Crippen molar-refractivity contribution >= 4 is 46.4 Å². The Morgan fingerprint density at radius 1 is 1.12 bits per heavy atom. The van der Waals surface area contributed by atoms with Crippen LogP contribution in [-0.4, -0.2) is 25.0 Å². The molecule has 0 aromatic heterocycles. The minimum atomic E-state index is -0.664. The molecule has 2 aromatic rings. The Labute approximate surface area is 149 Å². The molecule has 1 saturated heterocycles. The molecule has 5 nitrogen and oxygen atoms in total. The number of carbonyl (C=O) groups excluding carboxylic acids is 2. The molecular formula is C17H14Cl2N2O3. The van der Waals surface area contributed by atoms with Crippen molar-refractivity contribution in [3.63, 3.8) is 0 Å². The van der Waals surface area contributed by atoms with E-state index in [-0.39, 0.29) is 23.3 Å². The predicted molar refractivity (Wildman–Crippen MR) is 94.0 cm³/mol. The first-order valence-electron chi connectivity index (χ1n) is 7.22. The number of rotatable bonds is 4. The van der Waals surface area contributed by atoms with E-state index in [9.17, 15) is 9.59 Å². The zero-order valence-corrected chi connectivity index (χ0v) is 14.3. The van der Waals surface area contributed by atoms with Gasteiger partial charge >= 0.3 is 0 Å². The minimum Gasteiger partial charge on any atom is -0.495 e. The van der Waals surface area contributed by atoms with Crippen molar-refractivity contribution in [2.75, 3.05) is 17.3 Å². The van der Waals surface area contributed by atoms with E-state index in [2.05, 4.69) is 5.32 Å². The minimum absolute atomic E-state index is 0.0527. The number of ether oxygens (including phenoxy) is 1. The predicted octanol–water partition coefficient (Wildman–Crippen LogP) is 3.75. The van der Waals surface area contributed by atoms with Gasteiger partial charge in [-0.15, -0.1) is 0 Å². The van der Waals surface area contributed by atoms with Crippen molar-refractivity contribution in [3.8, 4) is 5.75 Å². The number of hydrogen-bond acceptors (Lipinski definition) is 4. The molecule has 0 radical (unpaired) electrons. The third kappa shape index (κ3) is 3.05. The van der Waals surface area contributed by atoms with Gasteiger partial charge in [0.2, 0.25) is 5.91 Å². The van der Waals surface area contributed by atoms with Crippen LogP contribution in [0.4, 0.5) is 11.4 Å². The first-order chi connectivity index (χ1) is 11.5. The largest absolute Gasteiger partial charge is 0.495 e. The van der Waals surface area contributed by atoms with Crippen LogP contribution < -0.4 is 15.0 Å². The molecular weight excluding hydrogens is 351 g/mol. The molecule has 0 unspecified atom stereocenters. The Morgan fingerprint density at radius 3 is 2.58 bits per heavy atom. The van der Waals surface area contributed by atoms with E-state index in [0.29, 0.717) is 22.1 Å². The molecule has 24 heavy (non-hydrogen) atoms. The van der Waals surface area contributed by atoms with Crippen LogP contribution in [0, 0.1) is 0 Å². The van der Waals surface area contributed by atoms with Crippen molar-refractivity contribution in [2.24, 2.45) is 0 Å². The normalized spacial score (nSPS) is 17.3. The zero-order chi connectivity index (χ0) is 17.3. The fraction of sp³-hybridized carbons (Fsp3) is 0.176. The van der Waals surface area contributed by atoms with Crippen molar-refractivity contribution in [3.05, 3.63) is 52.5 Å². The molecule has 0 spiro atoms. The molecule has 1 N–H and O–H groups in total. The number of hydrogen-bond donors (Lipinski definition) is 1. The lowest BCUT2D eigenvalue weighted by molar-refractivity contribution is -0.121. The van der Waals surface area contributed by atoms with E-state index in [1.165, 1.54) is 6.07 Å². The Hall–Kier alpha value is -2.24. The number of nitrogens with zero attached hydrogens (tertiary/aromatic N) is 1. The quantitative estimate of drug-likeness (QED) is 0.839. The van der Waals surface area contributed by atoms with Crippen LogP contribution >= 0.6 is 23.2 Å². The lowest BCUT2D eigenvalue weighted by Crippen LogP contribution is -2.34. The second-order valence-corrected chi connectivity index (χ2v) is 6.08. The second-order valence-electron chi connectivity index (χ2n) is 5.27. The maximum Gasteiger partial charge on any atom is 0.256 e. The molecule has 0 saturated carbocycles. The average Bonchev–Trinajstić information content (AvgIpc) is 2.85. The van der Waals surface area contributed by atoms with Gasteiger partial charge in [-0.3, -0.25) is 9.59 Å². The Morgan fingerprint density at radius 2 is 1.88 bits per heavy atom. The summed E-state index contributed by atoms with van der Waals surface area (Å²) in [7, 11) is 1.55. The summed E-state index contributed by atoms with van der Waals surface area (Å²) in [5.74, 6) is -0.0409. The SMILES string of the molecule is COc1ccccc1N[C@@H]1CC(=O)N(c2ccc(Cl)c(Cl)c2)C1=O. The Balaban J connectivity index is 1.85. The monoisotopic (exact) mass is 364 g/mol. The lowest BCUT2D eigenvalue weighted by atomic mass is 10.2. The molecule has 1 aliphatic heterocycles. The molecule has 7 heteroatoms. The van der Waals surface area contributed by atoms with Gasteiger partial charge in [0.25, 0.3) is 5.91 Å². The number of carbonyl (C=O) groups is 2. The van der Waals surface area contributed by atoms with Crippen LogP contribution in [-0.2, 0) is 9.59 Å². The summed E-state index contributed by atoms with van der Waals surface area (Å²) >= 11 is 11.9. The first kappa shape index (κ1) is 16.6. The van der Waals surface area contributed by atoms with E-state index in [4.69, 9.17) is 27.9 Å². The van der Waals surface area contributed by atoms with E-state index in [0.717, 1.165) is 4.90 Å². The van der Waals surface area contributed by atoms with Gasteiger partial charge in [-0.05, 0) is 30.3 Å². The summed E-state index contributed by atoms with van der Waals surface area (Å²) in [5, 5.41) is 3.72. The molecule has 3 rings (SSSR count). The van der Waals surface area contributed by atoms with Gasteiger partial charge in [-0.25, -0.2) is 4.90 Å². The van der Waals surface area contributed by atoms with Crippen LogP contribution in [0.25, 0.3) is 0 Å². The number of imide groups is 1. The van der Waals surface area contributed by atoms with Gasteiger partial charge in [0, 0.05) is 0 Å². The van der Waals surface area contributed by atoms with Crippen molar-refractivity contribution in [1.29, 1.82) is 0 Å². The molecule has 0 aliphatic carbocycles. The van der Waals surface area contributed by atoms with Gasteiger partial charge in [0.15, 0.2) is 0 Å². The molecule has 0 bridgehead atoms. The maximum absolute atomic E-state index is 12.6. The highest BCUT2D eigenvalue weighted by Gasteiger charge is 2.40. The first-order valence-corrected chi connectivity index (χ1v) is 7.98. The van der Waals surface area contributed by atoms with Gasteiger partial charge < -0.3 is 10.1 Å². The van der Waals surface area contributed by atoms with Gasteiger partial charge in [0.1, 0.15) is 11.8 Å². The van der Waals surface area contributed by atoms with Gasteiger partial charge in [0.05, 0.1) is 35.0 Å². The topological polar surface area (TPSA) is 58.6 Å². The van der Waals surface area contributed by atoms with Crippen LogP contribution in [0.15, 0.2) is 42.5 Å². The fourth-order valence-electron chi connectivity index (χ4n) is 2.59. The highest BCUT2D eigenvalue weighted by Crippen LogP contribution is 2.32. The van der Waals surface area contributed by atoms with E-state index in [1.54, 1.807) is 31.4 Å². The van der Waals surface area contributed by atoms with Crippen LogP contribution in [0.1, 0.15) is 6.42 Å². The summed E-state index contributed by atoms with van der Waals surface area (Å²) in [6.07, 6.45) is 0.0527. The number of methoxy groups -OCH3 is 1. The van der Waals surface area contributed by atoms with Crippen LogP contribution in [0.2, 0.25) is 10.0 Å². The second kappa shape index (κ2) is 6.71. The molecule has 124 valence electrons. The fourth-order valence-corrected chi connectivity index (χ4v) is 2.88. The number of halogens is 2. The number of benzene rings is 2. The third-order valence-electron chi connectivity index (χ3n) is 3.74. The maximum atomic E-state index is 12.6. The number of para-hydroxylation sites is 2. The van der Waals surface area contributed by atoms with E-state index >= 15 is 0 Å². The summed E-state index contributed by atoms with van der Waals surface area (Å²) in [4.78, 5) is 26.1. The number of amides is 2. The molecule has 2 aromatic carbocycles.